The van der Waals surface area contributed by atoms with Crippen LogP contribution in [0.4, 0.5) is 5.82 Å². The molecule has 1 heterocycles. The first kappa shape index (κ1) is 14.5. The number of nitrogens with one attached hydrogen (secondary N) is 1. The molecule has 0 spiro atoms. The molecule has 0 bridgehead atoms. The molecule has 2 rings (SSSR count). The molecule has 2 aromatic rings. The van der Waals surface area contributed by atoms with Crippen LogP contribution in [0.5, 0.6) is 5.75 Å². The van der Waals surface area contributed by atoms with E-state index in [0.29, 0.717) is 6.54 Å². The van der Waals surface area contributed by atoms with Gasteiger partial charge in [-0.25, -0.2) is 0 Å². The van der Waals surface area contributed by atoms with Crippen molar-refractivity contribution in [2.45, 2.75) is 6.54 Å². The van der Waals surface area contributed by atoms with E-state index in [1.54, 1.807) is 19.2 Å². The number of ether oxygens (including phenoxy) is 1. The van der Waals surface area contributed by atoms with E-state index in [1.807, 2.05) is 12.1 Å². The number of carbonyl (C=O) groups is 1. The Balaban J connectivity index is 2.02. The summed E-state index contributed by atoms with van der Waals surface area (Å²) in [6, 6.07) is 7.21. The molecular weight excluding hydrogens is 276 g/mol. The van der Waals surface area contributed by atoms with Gasteiger partial charge in [-0.3, -0.25) is 4.79 Å². The van der Waals surface area contributed by atoms with Gasteiger partial charge in [0, 0.05) is 13.6 Å². The summed E-state index contributed by atoms with van der Waals surface area (Å²) >= 11 is 0. The largest absolute Gasteiger partial charge is 0.497 e. The number of aromatic nitrogens is 2. The minimum absolute atomic E-state index is 0.00443. The minimum atomic E-state index is -0.639. The first-order chi connectivity index (χ1) is 10.0. The van der Waals surface area contributed by atoms with Crippen molar-refractivity contribution in [3.8, 4) is 5.75 Å². The highest BCUT2D eigenvalue weighted by Crippen LogP contribution is 2.12. The summed E-state index contributed by atoms with van der Waals surface area (Å²) in [5.41, 5.74) is 0.882. The third-order valence-corrected chi connectivity index (χ3v) is 2.87. The second-order valence-corrected chi connectivity index (χ2v) is 4.32. The van der Waals surface area contributed by atoms with Crippen LogP contribution in [-0.4, -0.2) is 27.5 Å². The Morgan fingerprint density at radius 2 is 2.10 bits per heavy atom. The van der Waals surface area contributed by atoms with Crippen molar-refractivity contribution in [2.75, 3.05) is 7.11 Å². The molecule has 8 heteroatoms. The fourth-order valence-electron chi connectivity index (χ4n) is 1.75. The number of methoxy groups -OCH3 is 1. The zero-order valence-corrected chi connectivity index (χ0v) is 11.6. The van der Waals surface area contributed by atoms with Gasteiger partial charge in [-0.05, 0) is 27.6 Å². The van der Waals surface area contributed by atoms with Crippen LogP contribution in [0.1, 0.15) is 16.2 Å². The standard InChI is InChI=1S/C13H14N4O4/c1-16-8-11(17(19)20)15-12(16)13(18)14-7-9-3-5-10(21-2)6-4-9/h3-6,8H,7H2,1-2H3,(H,14,18). The highest BCUT2D eigenvalue weighted by atomic mass is 16.6. The van der Waals surface area contributed by atoms with Crippen molar-refractivity contribution in [1.29, 1.82) is 0 Å². The summed E-state index contributed by atoms with van der Waals surface area (Å²) in [5.74, 6) is -0.103. The minimum Gasteiger partial charge on any atom is -0.497 e. The summed E-state index contributed by atoms with van der Waals surface area (Å²) < 4.78 is 6.36. The van der Waals surface area contributed by atoms with Crippen molar-refractivity contribution in [3.63, 3.8) is 0 Å². The second-order valence-electron chi connectivity index (χ2n) is 4.32. The van der Waals surface area contributed by atoms with Gasteiger partial charge in [0.2, 0.25) is 0 Å². The Morgan fingerprint density at radius 1 is 1.43 bits per heavy atom. The number of rotatable bonds is 5. The normalized spacial score (nSPS) is 10.2. The van der Waals surface area contributed by atoms with Gasteiger partial charge in [0.1, 0.15) is 11.9 Å². The smallest absolute Gasteiger partial charge is 0.382 e. The molecule has 8 nitrogen and oxygen atoms in total. The highest BCUT2D eigenvalue weighted by molar-refractivity contribution is 5.91. The molecule has 0 fully saturated rings. The van der Waals surface area contributed by atoms with Crippen LogP contribution in [0.25, 0.3) is 0 Å². The van der Waals surface area contributed by atoms with Crippen LogP contribution in [0.2, 0.25) is 0 Å². The molecule has 0 radical (unpaired) electrons. The lowest BCUT2D eigenvalue weighted by Crippen LogP contribution is -2.25. The maximum atomic E-state index is 12.0. The molecule has 0 saturated heterocycles. The number of hydrogen-bond acceptors (Lipinski definition) is 5. The third-order valence-electron chi connectivity index (χ3n) is 2.87. The van der Waals surface area contributed by atoms with E-state index < -0.39 is 10.8 Å². The van der Waals surface area contributed by atoms with E-state index in [1.165, 1.54) is 17.8 Å². The van der Waals surface area contributed by atoms with E-state index >= 15 is 0 Å². The maximum Gasteiger partial charge on any atom is 0.382 e. The zero-order chi connectivity index (χ0) is 15.4. The van der Waals surface area contributed by atoms with Crippen LogP contribution >= 0.6 is 0 Å². The van der Waals surface area contributed by atoms with Crippen molar-refractivity contribution in [2.24, 2.45) is 7.05 Å². The molecule has 0 unspecified atom stereocenters. The van der Waals surface area contributed by atoms with E-state index in [4.69, 9.17) is 4.74 Å². The van der Waals surface area contributed by atoms with Crippen LogP contribution in [0.15, 0.2) is 30.5 Å². The molecule has 1 N–H and O–H groups in total. The molecule has 1 aromatic carbocycles. The van der Waals surface area contributed by atoms with Gasteiger partial charge in [-0.2, -0.15) is 0 Å². The third kappa shape index (κ3) is 3.35. The predicted molar refractivity (Wildman–Crippen MR) is 74.0 cm³/mol. The Morgan fingerprint density at radius 3 is 2.62 bits per heavy atom. The lowest BCUT2D eigenvalue weighted by Gasteiger charge is -2.04. The van der Waals surface area contributed by atoms with Crippen molar-refractivity contribution >= 4 is 11.7 Å². The molecule has 1 amide bonds. The molecule has 110 valence electrons. The van der Waals surface area contributed by atoms with E-state index in [-0.39, 0.29) is 11.6 Å². The number of hydrogen-bond donors (Lipinski definition) is 1. The fourth-order valence-corrected chi connectivity index (χ4v) is 1.75. The van der Waals surface area contributed by atoms with Crippen LogP contribution < -0.4 is 10.1 Å². The zero-order valence-electron chi connectivity index (χ0n) is 11.6. The van der Waals surface area contributed by atoms with E-state index in [0.717, 1.165) is 11.3 Å². The lowest BCUT2D eigenvalue weighted by atomic mass is 10.2. The van der Waals surface area contributed by atoms with Gasteiger partial charge < -0.3 is 24.7 Å². The summed E-state index contributed by atoms with van der Waals surface area (Å²) in [7, 11) is 3.10. The number of carbonyl (C=O) groups excluding carboxylic acids is 1. The molecule has 0 aliphatic rings. The lowest BCUT2D eigenvalue weighted by molar-refractivity contribution is -0.389. The number of aryl methyl sites for hydroxylation is 1. The highest BCUT2D eigenvalue weighted by Gasteiger charge is 2.22. The van der Waals surface area contributed by atoms with Gasteiger partial charge in [0.05, 0.1) is 7.11 Å². The Labute approximate surface area is 120 Å². The SMILES string of the molecule is COc1ccc(CNC(=O)c2nc([N+](=O)[O-])cn2C)cc1. The maximum absolute atomic E-state index is 12.0. The summed E-state index contributed by atoms with van der Waals surface area (Å²) in [4.78, 5) is 25.6. The fraction of sp³-hybridized carbons (Fsp3) is 0.231. The molecule has 0 atom stereocenters. The monoisotopic (exact) mass is 290 g/mol. The number of nitro groups is 1. The van der Waals surface area contributed by atoms with Gasteiger partial charge in [-0.15, -0.1) is 0 Å². The molecule has 21 heavy (non-hydrogen) atoms. The first-order valence-corrected chi connectivity index (χ1v) is 6.10. The summed E-state index contributed by atoms with van der Waals surface area (Å²) in [5, 5.41) is 13.3. The number of nitrogens with zero attached hydrogens (tertiary/aromatic N) is 3. The van der Waals surface area contributed by atoms with Crippen LogP contribution in [-0.2, 0) is 13.6 Å². The van der Waals surface area contributed by atoms with E-state index in [2.05, 4.69) is 10.3 Å². The average Bonchev–Trinajstić information content (AvgIpc) is 2.87. The number of benzene rings is 1. The Kier molecular flexibility index (Phi) is 4.17. The van der Waals surface area contributed by atoms with Crippen molar-refractivity contribution < 1.29 is 14.5 Å². The van der Waals surface area contributed by atoms with Gasteiger partial charge in [0.15, 0.2) is 0 Å². The van der Waals surface area contributed by atoms with Crippen LogP contribution in [0, 0.1) is 10.1 Å². The topological polar surface area (TPSA) is 99.3 Å². The molecule has 0 aliphatic heterocycles. The Hall–Kier alpha value is -2.90. The molecule has 1 aromatic heterocycles. The first-order valence-electron chi connectivity index (χ1n) is 6.10. The van der Waals surface area contributed by atoms with Crippen molar-refractivity contribution in [3.05, 3.63) is 52.0 Å². The Bertz CT molecular complexity index is 663. The molecule has 0 saturated carbocycles. The van der Waals surface area contributed by atoms with Crippen molar-refractivity contribution in [1.82, 2.24) is 14.9 Å². The van der Waals surface area contributed by atoms with Crippen LogP contribution in [0.3, 0.4) is 0 Å². The van der Waals surface area contributed by atoms with Gasteiger partial charge >= 0.3 is 17.5 Å². The van der Waals surface area contributed by atoms with E-state index in [9.17, 15) is 14.9 Å². The second kappa shape index (κ2) is 6.04. The quantitative estimate of drug-likeness (QED) is 0.660. The molecule has 0 aliphatic carbocycles. The predicted octanol–water partition coefficient (Wildman–Crippen LogP) is 1.27. The average molecular weight is 290 g/mol. The number of imidazole rings is 1. The van der Waals surface area contributed by atoms with Gasteiger partial charge in [-0.1, -0.05) is 12.1 Å². The summed E-state index contributed by atoms with van der Waals surface area (Å²) in [6.07, 6.45) is 1.20. The summed E-state index contributed by atoms with van der Waals surface area (Å²) in [6.45, 7) is 0.295. The molecular formula is C13H14N4O4. The van der Waals surface area contributed by atoms with Gasteiger partial charge in [0.25, 0.3) is 0 Å². The number of amides is 1.